The first-order valence-electron chi connectivity index (χ1n) is 19.1. The highest BCUT2D eigenvalue weighted by Gasteiger charge is 2.74. The number of ether oxygens (including phenoxy) is 1. The van der Waals surface area contributed by atoms with Crippen molar-refractivity contribution in [1.82, 2.24) is 10.6 Å². The zero-order valence-corrected chi connectivity index (χ0v) is 31.5. The zero-order chi connectivity index (χ0) is 36.5. The molecule has 1 aromatic carbocycles. The molecule has 4 fully saturated rings. The van der Waals surface area contributed by atoms with Crippen molar-refractivity contribution in [3.63, 3.8) is 0 Å². The number of nitrogens with one attached hydrogen (secondary N) is 2. The predicted molar refractivity (Wildman–Crippen MR) is 197 cm³/mol. The van der Waals surface area contributed by atoms with E-state index in [2.05, 4.69) is 64.8 Å². The zero-order valence-electron chi connectivity index (χ0n) is 31.5. The first kappa shape index (κ1) is 36.7. The van der Waals surface area contributed by atoms with Crippen LogP contribution in [0.25, 0.3) is 5.57 Å². The van der Waals surface area contributed by atoms with E-state index in [1.54, 1.807) is 19.1 Å². The van der Waals surface area contributed by atoms with Crippen LogP contribution in [0.3, 0.4) is 0 Å². The molecule has 1 aromatic rings. The molecule has 0 unspecified atom stereocenters. The molecule has 0 radical (unpaired) electrons. The van der Waals surface area contributed by atoms with Gasteiger partial charge in [-0.15, -0.1) is 0 Å². The van der Waals surface area contributed by atoms with Crippen molar-refractivity contribution < 1.29 is 24.2 Å². The summed E-state index contributed by atoms with van der Waals surface area (Å²) in [6, 6.07) is 7.11. The number of fused-ring (bicyclic) bond motifs is 7. The fourth-order valence-electron chi connectivity index (χ4n) is 13.4. The molecule has 0 heterocycles. The molecular formula is C42H61N3O5. The molecular weight excluding hydrogens is 626 g/mol. The molecule has 8 nitrogen and oxygen atoms in total. The van der Waals surface area contributed by atoms with E-state index in [-0.39, 0.29) is 52.2 Å². The number of carbonyl (C=O) groups is 3. The summed E-state index contributed by atoms with van der Waals surface area (Å²) in [6.07, 6.45) is 12.0. The van der Waals surface area contributed by atoms with E-state index in [1.807, 2.05) is 12.1 Å². The van der Waals surface area contributed by atoms with Crippen LogP contribution in [0.15, 0.2) is 42.5 Å². The van der Waals surface area contributed by atoms with Gasteiger partial charge in [-0.25, -0.2) is 9.59 Å². The number of rotatable bonds is 8. The Kier molecular flexibility index (Phi) is 9.18. The molecule has 6 rings (SSSR count). The number of hydrogen-bond donors (Lipinski definition) is 4. The number of allylic oxidation sites excluding steroid dienone is 2. The van der Waals surface area contributed by atoms with Gasteiger partial charge in [0.25, 0.3) is 0 Å². The van der Waals surface area contributed by atoms with Gasteiger partial charge in [0.15, 0.2) is 0 Å². The van der Waals surface area contributed by atoms with Crippen molar-refractivity contribution in [1.29, 1.82) is 0 Å². The lowest BCUT2D eigenvalue weighted by atomic mass is 9.31. The summed E-state index contributed by atoms with van der Waals surface area (Å²) < 4.78 is 4.99. The molecule has 9 atom stereocenters. The number of urea groups is 1. The van der Waals surface area contributed by atoms with Gasteiger partial charge in [-0.2, -0.15) is 0 Å². The van der Waals surface area contributed by atoms with Gasteiger partial charge in [0.2, 0.25) is 0 Å². The van der Waals surface area contributed by atoms with Crippen molar-refractivity contribution in [3.8, 4) is 0 Å². The van der Waals surface area contributed by atoms with Gasteiger partial charge < -0.3 is 26.2 Å². The Balaban J connectivity index is 1.29. The molecule has 0 spiro atoms. The van der Waals surface area contributed by atoms with Gasteiger partial charge in [0.05, 0.1) is 12.2 Å². The largest absolute Gasteiger partial charge is 0.478 e. The minimum Gasteiger partial charge on any atom is -0.478 e. The highest BCUT2D eigenvalue weighted by Crippen LogP contribution is 2.78. The number of carboxylic acids is 1. The van der Waals surface area contributed by atoms with E-state index in [0.29, 0.717) is 29.9 Å². The van der Waals surface area contributed by atoms with E-state index < -0.39 is 17.5 Å². The van der Waals surface area contributed by atoms with Crippen LogP contribution in [0.5, 0.6) is 0 Å². The first-order valence-corrected chi connectivity index (χ1v) is 19.1. The summed E-state index contributed by atoms with van der Waals surface area (Å²) in [5.41, 5.74) is 11.4. The van der Waals surface area contributed by atoms with Crippen molar-refractivity contribution >= 4 is 23.5 Å². The van der Waals surface area contributed by atoms with Gasteiger partial charge in [0.1, 0.15) is 6.54 Å². The van der Waals surface area contributed by atoms with Crippen LogP contribution in [-0.4, -0.2) is 48.3 Å². The van der Waals surface area contributed by atoms with Gasteiger partial charge in [-0.05, 0) is 140 Å². The summed E-state index contributed by atoms with van der Waals surface area (Å²) in [5, 5.41) is 15.3. The van der Waals surface area contributed by atoms with E-state index in [0.717, 1.165) is 68.9 Å². The smallest absolute Gasteiger partial charge is 0.335 e. The van der Waals surface area contributed by atoms with Crippen LogP contribution in [0.1, 0.15) is 122 Å². The highest BCUT2D eigenvalue weighted by molar-refractivity contribution is 5.88. The Morgan fingerprint density at radius 3 is 2.20 bits per heavy atom. The third-order valence-electron chi connectivity index (χ3n) is 15.9. The molecule has 4 saturated carbocycles. The Labute approximate surface area is 299 Å². The Bertz CT molecular complexity index is 1580. The number of esters is 1. The van der Waals surface area contributed by atoms with E-state index in [4.69, 9.17) is 10.5 Å². The number of benzene rings is 1. The quantitative estimate of drug-likeness (QED) is 0.162. The molecule has 8 heteroatoms. The molecule has 274 valence electrons. The summed E-state index contributed by atoms with van der Waals surface area (Å²) in [7, 11) is 0. The maximum Gasteiger partial charge on any atom is 0.335 e. The van der Waals surface area contributed by atoms with Crippen LogP contribution >= 0.6 is 0 Å². The second-order valence-electron chi connectivity index (χ2n) is 18.0. The van der Waals surface area contributed by atoms with Crippen LogP contribution in [0.2, 0.25) is 0 Å². The normalized spacial score (nSPS) is 39.8. The third-order valence-corrected chi connectivity index (χ3v) is 15.9. The molecule has 0 aromatic heterocycles. The number of carbonyl (C=O) groups excluding carboxylic acids is 2. The van der Waals surface area contributed by atoms with Crippen LogP contribution in [0, 0.1) is 50.7 Å². The van der Waals surface area contributed by atoms with Crippen LogP contribution in [-0.2, 0) is 9.53 Å². The maximum absolute atomic E-state index is 12.9. The fourth-order valence-corrected chi connectivity index (χ4v) is 13.4. The number of nitrogens with two attached hydrogens (primary N) is 1. The van der Waals surface area contributed by atoms with Crippen molar-refractivity contribution in [2.45, 2.75) is 112 Å². The Morgan fingerprint density at radius 1 is 0.900 bits per heavy atom. The third kappa shape index (κ3) is 5.20. The molecule has 0 bridgehead atoms. The van der Waals surface area contributed by atoms with Gasteiger partial charge in [0, 0.05) is 17.5 Å². The molecule has 5 aliphatic rings. The number of amides is 2. The van der Waals surface area contributed by atoms with Gasteiger partial charge >= 0.3 is 18.0 Å². The second-order valence-corrected chi connectivity index (χ2v) is 18.0. The number of hydrogen-bond acceptors (Lipinski definition) is 5. The minimum atomic E-state index is -0.893. The Morgan fingerprint density at radius 2 is 1.56 bits per heavy atom. The van der Waals surface area contributed by atoms with Crippen molar-refractivity contribution in [3.05, 3.63) is 53.6 Å². The highest BCUT2D eigenvalue weighted by atomic mass is 16.5. The van der Waals surface area contributed by atoms with E-state index in [1.165, 1.54) is 5.57 Å². The molecule has 0 saturated heterocycles. The molecule has 2 amide bonds. The van der Waals surface area contributed by atoms with E-state index in [9.17, 15) is 19.5 Å². The number of aromatic carboxylic acids is 1. The SMILES string of the molecule is C=C(C)[C@@H]1CC[C@]2(CNC(=O)NCC(=O)OCC)CC[C@]3(C)[C@H](CC[C@@H]4[C@@]5(C)CC=C(c6ccc(C(=O)O)cc6)C(C)(C)[C@@H]5CC[C@]43C)[C@@]12N. The summed E-state index contributed by atoms with van der Waals surface area (Å²) in [5.74, 6) is 0.213. The lowest BCUT2D eigenvalue weighted by molar-refractivity contribution is -0.230. The maximum atomic E-state index is 12.9. The molecule has 0 aliphatic heterocycles. The van der Waals surface area contributed by atoms with Crippen molar-refractivity contribution in [2.75, 3.05) is 19.7 Å². The summed E-state index contributed by atoms with van der Waals surface area (Å²) >= 11 is 0. The van der Waals surface area contributed by atoms with Crippen LogP contribution < -0.4 is 16.4 Å². The summed E-state index contributed by atoms with van der Waals surface area (Å²) in [6.45, 7) is 21.6. The number of carboxylic acid groups (broad SMARTS) is 1. The van der Waals surface area contributed by atoms with Crippen LogP contribution in [0.4, 0.5) is 4.79 Å². The molecule has 5 N–H and O–H groups in total. The minimum absolute atomic E-state index is 0.0349. The van der Waals surface area contributed by atoms with Gasteiger partial charge in [-0.1, -0.05) is 65.0 Å². The van der Waals surface area contributed by atoms with Crippen molar-refractivity contribution in [2.24, 2.45) is 56.5 Å². The average Bonchev–Trinajstić information content (AvgIpc) is 3.36. The van der Waals surface area contributed by atoms with E-state index >= 15 is 0 Å². The first-order chi connectivity index (χ1) is 23.4. The standard InChI is InChI=1S/C42H61N3O5/c1-9-50-34(46)24-44-36(49)45-25-41-21-17-29(26(2)3)42(41,43)33-15-14-32-38(6)19-16-30(27-10-12-28(13-11-27)35(47)48)37(4,5)31(38)18-20-39(32,7)40(33,8)22-23-41/h10-13,16,29,31-33H,2,9,14-15,17-25,43H2,1,3-8H3,(H,47,48)(H2,44,45,49)/t29-,31-,32+,33-,38-,39+,40+,41+,42-/m0/s1. The summed E-state index contributed by atoms with van der Waals surface area (Å²) in [4.78, 5) is 36.4. The fraction of sp³-hybridized carbons (Fsp3) is 0.690. The molecule has 5 aliphatic carbocycles. The van der Waals surface area contributed by atoms with Gasteiger partial charge in [-0.3, -0.25) is 4.79 Å². The predicted octanol–water partition coefficient (Wildman–Crippen LogP) is 7.98. The second kappa shape index (κ2) is 12.5. The monoisotopic (exact) mass is 687 g/mol. The average molecular weight is 688 g/mol. The lowest BCUT2D eigenvalue weighted by Crippen LogP contribution is -2.74. The topological polar surface area (TPSA) is 131 Å². The lowest BCUT2D eigenvalue weighted by Gasteiger charge is -2.74. The molecule has 50 heavy (non-hydrogen) atoms. The Hall–Kier alpha value is -3.13.